The number of hydrogen-bond donors (Lipinski definition) is 1. The Bertz CT molecular complexity index is 1510. The van der Waals surface area contributed by atoms with Crippen molar-refractivity contribution < 1.29 is 4.74 Å². The Balaban J connectivity index is 1.20. The Kier molecular flexibility index (Phi) is 6.32. The second kappa shape index (κ2) is 9.78. The average molecular weight is 512 g/mol. The standard InChI is InChI=1S/C28H29N7OS/c1-19-30-10-7-24(33-19)37-23-18-32-27(35-14-11-31-26(23)35)34-12-8-28(9-13-34)17-21-6-5-20(4-3-15-36-2)16-22(21)25(28)29/h5-7,10-11,14,16,18,25H,8-9,12-13,15,17,29H2,1-2H3/t25-/m1/s1. The minimum atomic E-state index is 0.0187. The molecule has 2 aliphatic rings. The molecule has 1 atom stereocenters. The van der Waals surface area contributed by atoms with Gasteiger partial charge in [0.2, 0.25) is 5.95 Å². The third-order valence-corrected chi connectivity index (χ3v) is 8.46. The summed E-state index contributed by atoms with van der Waals surface area (Å²) >= 11 is 1.56. The maximum atomic E-state index is 6.91. The summed E-state index contributed by atoms with van der Waals surface area (Å²) in [5.41, 5.74) is 11.5. The fourth-order valence-electron chi connectivity index (χ4n) is 5.59. The molecule has 1 saturated heterocycles. The Morgan fingerprint density at radius 1 is 1.16 bits per heavy atom. The summed E-state index contributed by atoms with van der Waals surface area (Å²) in [6.45, 7) is 4.13. The SMILES string of the molecule is COCC#Cc1ccc2c(c1)[C@@H](N)C1(CCN(c3ncc(Sc4ccnc(C)n4)c4nccn34)CC1)C2. The van der Waals surface area contributed by atoms with Crippen LogP contribution in [0.4, 0.5) is 5.95 Å². The lowest BCUT2D eigenvalue weighted by Crippen LogP contribution is -2.45. The zero-order valence-electron chi connectivity index (χ0n) is 21.0. The number of anilines is 1. The van der Waals surface area contributed by atoms with Crippen molar-refractivity contribution in [2.24, 2.45) is 11.1 Å². The van der Waals surface area contributed by atoms with E-state index >= 15 is 0 Å². The molecule has 1 fully saturated rings. The van der Waals surface area contributed by atoms with Crippen LogP contribution in [0.2, 0.25) is 0 Å². The van der Waals surface area contributed by atoms with Crippen LogP contribution in [-0.2, 0) is 11.2 Å². The first kappa shape index (κ1) is 23.9. The molecular formula is C28H29N7OS. The predicted octanol–water partition coefficient (Wildman–Crippen LogP) is 3.82. The maximum absolute atomic E-state index is 6.91. The molecule has 0 unspecified atom stereocenters. The van der Waals surface area contributed by atoms with Crippen molar-refractivity contribution in [3.8, 4) is 11.8 Å². The highest BCUT2D eigenvalue weighted by Crippen LogP contribution is 2.51. The van der Waals surface area contributed by atoms with Gasteiger partial charge in [-0.25, -0.2) is 19.9 Å². The Morgan fingerprint density at radius 2 is 2.03 bits per heavy atom. The molecule has 2 N–H and O–H groups in total. The van der Waals surface area contributed by atoms with E-state index in [-0.39, 0.29) is 11.5 Å². The van der Waals surface area contributed by atoms with E-state index in [1.54, 1.807) is 25.1 Å². The molecule has 1 aliphatic heterocycles. The van der Waals surface area contributed by atoms with E-state index in [4.69, 9.17) is 15.5 Å². The number of piperidine rings is 1. The maximum Gasteiger partial charge on any atom is 0.211 e. The van der Waals surface area contributed by atoms with Crippen LogP contribution in [-0.4, -0.2) is 51.1 Å². The van der Waals surface area contributed by atoms with E-state index in [0.29, 0.717) is 6.61 Å². The van der Waals surface area contributed by atoms with Crippen molar-refractivity contribution in [3.05, 3.63) is 71.6 Å². The first-order valence-corrected chi connectivity index (χ1v) is 13.3. The van der Waals surface area contributed by atoms with Gasteiger partial charge in [0.05, 0.1) is 4.90 Å². The molecule has 188 valence electrons. The fourth-order valence-corrected chi connectivity index (χ4v) is 6.47. The molecule has 9 heteroatoms. The summed E-state index contributed by atoms with van der Waals surface area (Å²) in [5.74, 6) is 7.90. The topological polar surface area (TPSA) is 94.5 Å². The number of imidazole rings is 1. The zero-order chi connectivity index (χ0) is 25.4. The van der Waals surface area contributed by atoms with Crippen LogP contribution in [0.1, 0.15) is 41.4 Å². The van der Waals surface area contributed by atoms with Gasteiger partial charge in [0.25, 0.3) is 0 Å². The summed E-state index contributed by atoms with van der Waals surface area (Å²) in [6.07, 6.45) is 10.6. The monoisotopic (exact) mass is 511 g/mol. The van der Waals surface area contributed by atoms with Gasteiger partial charge in [-0.3, -0.25) is 4.40 Å². The number of rotatable bonds is 4. The van der Waals surface area contributed by atoms with Gasteiger partial charge in [-0.2, -0.15) is 0 Å². The number of nitrogens with zero attached hydrogens (tertiary/aromatic N) is 6. The molecule has 0 bridgehead atoms. The normalized spacial score (nSPS) is 18.1. The molecule has 37 heavy (non-hydrogen) atoms. The van der Waals surface area contributed by atoms with E-state index in [0.717, 1.165) is 65.3 Å². The van der Waals surface area contributed by atoms with Gasteiger partial charge in [-0.15, -0.1) is 0 Å². The van der Waals surface area contributed by atoms with Crippen LogP contribution in [0.25, 0.3) is 5.65 Å². The molecule has 8 nitrogen and oxygen atoms in total. The predicted molar refractivity (Wildman–Crippen MR) is 144 cm³/mol. The van der Waals surface area contributed by atoms with Gasteiger partial charge < -0.3 is 15.4 Å². The largest absolute Gasteiger partial charge is 0.372 e. The molecule has 4 aromatic rings. The highest BCUT2D eigenvalue weighted by atomic mass is 32.2. The highest BCUT2D eigenvalue weighted by Gasteiger charge is 2.46. The van der Waals surface area contributed by atoms with Gasteiger partial charge in [-0.1, -0.05) is 29.7 Å². The lowest BCUT2D eigenvalue weighted by molar-refractivity contribution is 0.186. The Hall–Kier alpha value is -3.45. The van der Waals surface area contributed by atoms with E-state index in [1.807, 2.05) is 31.6 Å². The molecule has 1 aromatic carbocycles. The minimum Gasteiger partial charge on any atom is -0.372 e. The number of hydrogen-bond acceptors (Lipinski definition) is 8. The van der Waals surface area contributed by atoms with Gasteiger partial charge >= 0.3 is 0 Å². The number of fused-ring (bicyclic) bond motifs is 2. The van der Waals surface area contributed by atoms with E-state index < -0.39 is 0 Å². The molecule has 0 amide bonds. The Labute approximate surface area is 220 Å². The number of aromatic nitrogens is 5. The summed E-state index contributed by atoms with van der Waals surface area (Å²) in [7, 11) is 1.66. The van der Waals surface area contributed by atoms with Gasteiger partial charge in [0, 0.05) is 56.6 Å². The van der Waals surface area contributed by atoms with Gasteiger partial charge in [0.1, 0.15) is 17.5 Å². The van der Waals surface area contributed by atoms with E-state index in [9.17, 15) is 0 Å². The zero-order valence-corrected chi connectivity index (χ0v) is 21.8. The lowest BCUT2D eigenvalue weighted by atomic mass is 9.73. The average Bonchev–Trinajstić information content (AvgIpc) is 3.50. The Morgan fingerprint density at radius 3 is 2.84 bits per heavy atom. The van der Waals surface area contributed by atoms with Crippen LogP contribution < -0.4 is 10.6 Å². The second-order valence-corrected chi connectivity index (χ2v) is 10.8. The minimum absolute atomic E-state index is 0.0187. The van der Waals surface area contributed by atoms with Crippen molar-refractivity contribution in [3.63, 3.8) is 0 Å². The summed E-state index contributed by atoms with van der Waals surface area (Å²) in [5, 5.41) is 0.884. The highest BCUT2D eigenvalue weighted by molar-refractivity contribution is 7.99. The third-order valence-electron chi connectivity index (χ3n) is 7.51. The quantitative estimate of drug-likeness (QED) is 0.326. The third kappa shape index (κ3) is 4.46. The second-order valence-electron chi connectivity index (χ2n) is 9.74. The molecule has 6 rings (SSSR count). The first-order chi connectivity index (χ1) is 18.1. The number of nitrogens with two attached hydrogens (primary N) is 1. The lowest BCUT2D eigenvalue weighted by Gasteiger charge is -2.42. The van der Waals surface area contributed by atoms with Crippen LogP contribution in [0.5, 0.6) is 0 Å². The van der Waals surface area contributed by atoms with E-state index in [2.05, 4.69) is 54.3 Å². The molecule has 1 aliphatic carbocycles. The van der Waals surface area contributed by atoms with Gasteiger partial charge in [-0.05, 0) is 60.9 Å². The molecule has 0 radical (unpaired) electrons. The molecule has 3 aromatic heterocycles. The van der Waals surface area contributed by atoms with Crippen LogP contribution in [0.15, 0.2) is 59.0 Å². The van der Waals surface area contributed by atoms with Crippen LogP contribution in [0.3, 0.4) is 0 Å². The molecular weight excluding hydrogens is 482 g/mol. The smallest absolute Gasteiger partial charge is 0.211 e. The van der Waals surface area contributed by atoms with Crippen LogP contribution in [0, 0.1) is 24.2 Å². The van der Waals surface area contributed by atoms with Crippen LogP contribution >= 0.6 is 11.8 Å². The number of ether oxygens (including phenoxy) is 1. The van der Waals surface area contributed by atoms with Gasteiger partial charge in [0.15, 0.2) is 5.65 Å². The molecule has 0 saturated carbocycles. The number of benzene rings is 1. The summed E-state index contributed by atoms with van der Waals surface area (Å²) in [4.78, 5) is 21.5. The summed E-state index contributed by atoms with van der Waals surface area (Å²) < 4.78 is 7.14. The summed E-state index contributed by atoms with van der Waals surface area (Å²) in [6, 6.07) is 8.41. The number of aryl methyl sites for hydroxylation is 1. The van der Waals surface area contributed by atoms with Crippen molar-refractivity contribution in [1.29, 1.82) is 0 Å². The van der Waals surface area contributed by atoms with Crippen molar-refractivity contribution >= 4 is 23.4 Å². The molecule has 1 spiro atoms. The van der Waals surface area contributed by atoms with Crippen molar-refractivity contribution in [1.82, 2.24) is 24.3 Å². The number of methoxy groups -OCH3 is 1. The van der Waals surface area contributed by atoms with E-state index in [1.165, 1.54) is 11.1 Å². The first-order valence-electron chi connectivity index (χ1n) is 12.5. The van der Waals surface area contributed by atoms with Crippen molar-refractivity contribution in [2.45, 2.75) is 42.1 Å². The molecule has 4 heterocycles. The van der Waals surface area contributed by atoms with Crippen molar-refractivity contribution in [2.75, 3.05) is 31.7 Å². The fraction of sp³-hybridized carbons (Fsp3) is 0.357.